The van der Waals surface area contributed by atoms with Crippen LogP contribution in [0.5, 0.6) is 23.0 Å². The van der Waals surface area contributed by atoms with E-state index in [-0.39, 0.29) is 84.1 Å². The van der Waals surface area contributed by atoms with Crippen LogP contribution in [0.25, 0.3) is 0 Å². The minimum Gasteiger partial charge on any atom is -0.489 e. The molecular formula is C70H56N2O10. The van der Waals surface area contributed by atoms with Gasteiger partial charge in [-0.1, -0.05) is 188 Å². The second kappa shape index (κ2) is 27.2. The number of nitrogens with zero attached hydrogens (tertiary/aromatic N) is 1. The SMILES string of the molecule is O=C(NC1=C(OC(=O)c2cc(OCc3ccccc3)c(C(=O)c3ccc(OCc4ccccc4)c(C(=O)OCc4ccccc4)c3)c(OCc3ccccc3)c2)N(Cc2ccccc2)C=CC=C1)c1ccc(OCc2ccccc2)cc1. The van der Waals surface area contributed by atoms with Gasteiger partial charge in [-0.3, -0.25) is 9.59 Å². The summed E-state index contributed by atoms with van der Waals surface area (Å²) in [7, 11) is 0. The Balaban J connectivity index is 1.02. The normalized spacial score (nSPS) is 11.7. The van der Waals surface area contributed by atoms with Crippen molar-refractivity contribution in [1.29, 1.82) is 0 Å². The summed E-state index contributed by atoms with van der Waals surface area (Å²) < 4.78 is 37.6. The number of hydrogen-bond donors (Lipinski definition) is 1. The highest BCUT2D eigenvalue weighted by Gasteiger charge is 2.29. The highest BCUT2D eigenvalue weighted by Crippen LogP contribution is 2.37. The molecule has 0 aromatic heterocycles. The van der Waals surface area contributed by atoms with E-state index in [1.807, 2.05) is 182 Å². The molecule has 9 aromatic carbocycles. The molecule has 406 valence electrons. The Bertz CT molecular complexity index is 3660. The predicted molar refractivity (Wildman–Crippen MR) is 312 cm³/mol. The van der Waals surface area contributed by atoms with E-state index in [1.165, 1.54) is 18.2 Å². The van der Waals surface area contributed by atoms with Crippen LogP contribution in [0, 0.1) is 0 Å². The van der Waals surface area contributed by atoms with Crippen molar-refractivity contribution in [2.75, 3.05) is 0 Å². The van der Waals surface area contributed by atoms with E-state index in [0.29, 0.717) is 17.9 Å². The van der Waals surface area contributed by atoms with Crippen molar-refractivity contribution in [1.82, 2.24) is 10.2 Å². The Labute approximate surface area is 475 Å². The minimum absolute atomic E-state index is 0.00920. The minimum atomic E-state index is -0.861. The van der Waals surface area contributed by atoms with Gasteiger partial charge in [-0.15, -0.1) is 0 Å². The Morgan fingerprint density at radius 3 is 1.37 bits per heavy atom. The summed E-state index contributed by atoms with van der Waals surface area (Å²) in [5, 5.41) is 2.98. The molecule has 1 heterocycles. The number of carbonyl (C=O) groups is 4. The maximum Gasteiger partial charge on any atom is 0.345 e. The number of hydrogen-bond acceptors (Lipinski definition) is 11. The number of esters is 2. The molecular weight excluding hydrogens is 1030 g/mol. The van der Waals surface area contributed by atoms with Crippen molar-refractivity contribution in [2.45, 2.75) is 39.6 Å². The first-order valence-electron chi connectivity index (χ1n) is 26.6. The first-order chi connectivity index (χ1) is 40.3. The summed E-state index contributed by atoms with van der Waals surface area (Å²) in [5.41, 5.74) is 5.62. The van der Waals surface area contributed by atoms with E-state index in [0.717, 1.165) is 33.4 Å². The topological polar surface area (TPSA) is 139 Å². The molecule has 12 heteroatoms. The van der Waals surface area contributed by atoms with E-state index < -0.39 is 23.6 Å². The van der Waals surface area contributed by atoms with Crippen molar-refractivity contribution in [3.63, 3.8) is 0 Å². The molecule has 0 atom stereocenters. The fourth-order valence-electron chi connectivity index (χ4n) is 8.76. The summed E-state index contributed by atoms with van der Waals surface area (Å²) >= 11 is 0. The molecule has 1 N–H and O–H groups in total. The lowest BCUT2D eigenvalue weighted by Crippen LogP contribution is -2.29. The number of ether oxygens (including phenoxy) is 6. The average Bonchev–Trinajstić information content (AvgIpc) is 3.85. The Hall–Kier alpha value is -10.7. The molecule has 0 fully saturated rings. The summed E-state index contributed by atoms with van der Waals surface area (Å²) in [6.45, 7) is 0.699. The van der Waals surface area contributed by atoms with Crippen molar-refractivity contribution < 1.29 is 47.6 Å². The van der Waals surface area contributed by atoms with Crippen LogP contribution in [0.3, 0.4) is 0 Å². The number of ketones is 1. The number of nitrogens with one attached hydrogen (secondary N) is 1. The van der Waals surface area contributed by atoms with Gasteiger partial charge in [-0.25, -0.2) is 9.59 Å². The molecule has 10 rings (SSSR count). The van der Waals surface area contributed by atoms with E-state index in [1.54, 1.807) is 65.7 Å². The van der Waals surface area contributed by atoms with Gasteiger partial charge in [0, 0.05) is 17.3 Å². The number of allylic oxidation sites excluding steroid dienone is 3. The quantitative estimate of drug-likeness (QED) is 0.0484. The molecule has 1 aliphatic rings. The monoisotopic (exact) mass is 1080 g/mol. The zero-order valence-corrected chi connectivity index (χ0v) is 44.6. The molecule has 9 aromatic rings. The molecule has 0 spiro atoms. The second-order valence-electron chi connectivity index (χ2n) is 18.9. The maximum absolute atomic E-state index is 15.4. The molecule has 0 unspecified atom stereocenters. The molecule has 1 aliphatic heterocycles. The molecule has 82 heavy (non-hydrogen) atoms. The van der Waals surface area contributed by atoms with Gasteiger partial charge in [0.25, 0.3) is 5.91 Å². The van der Waals surface area contributed by atoms with Crippen LogP contribution in [-0.2, 0) is 49.1 Å². The van der Waals surface area contributed by atoms with Gasteiger partial charge in [0.1, 0.15) is 72.9 Å². The smallest absolute Gasteiger partial charge is 0.345 e. The molecule has 0 aliphatic carbocycles. The van der Waals surface area contributed by atoms with Crippen LogP contribution < -0.4 is 24.3 Å². The van der Waals surface area contributed by atoms with Crippen LogP contribution in [0.4, 0.5) is 0 Å². The predicted octanol–water partition coefficient (Wildman–Crippen LogP) is 13.9. The summed E-state index contributed by atoms with van der Waals surface area (Å²) in [5.74, 6) is -1.85. The average molecular weight is 1090 g/mol. The third-order valence-electron chi connectivity index (χ3n) is 13.0. The highest BCUT2D eigenvalue weighted by atomic mass is 16.6. The van der Waals surface area contributed by atoms with E-state index in [4.69, 9.17) is 28.4 Å². The van der Waals surface area contributed by atoms with Crippen molar-refractivity contribution >= 4 is 23.6 Å². The number of amides is 1. The van der Waals surface area contributed by atoms with Crippen molar-refractivity contribution in [3.05, 3.63) is 334 Å². The zero-order chi connectivity index (χ0) is 56.3. The molecule has 0 saturated heterocycles. The number of carbonyl (C=O) groups excluding carboxylic acids is 4. The third-order valence-corrected chi connectivity index (χ3v) is 13.0. The van der Waals surface area contributed by atoms with Gasteiger partial charge in [0.2, 0.25) is 11.7 Å². The van der Waals surface area contributed by atoms with Gasteiger partial charge in [-0.05, 0) is 100 Å². The summed E-state index contributed by atoms with van der Waals surface area (Å²) in [6.07, 6.45) is 6.90. The summed E-state index contributed by atoms with van der Waals surface area (Å²) in [6, 6.07) is 71.0. The van der Waals surface area contributed by atoms with Crippen LogP contribution in [0.2, 0.25) is 0 Å². The fraction of sp³-hybridized carbons (Fsp3) is 0.0857. The molecule has 0 saturated carbocycles. The number of benzene rings is 9. The van der Waals surface area contributed by atoms with Crippen LogP contribution in [-0.4, -0.2) is 28.5 Å². The highest BCUT2D eigenvalue weighted by molar-refractivity contribution is 6.14. The lowest BCUT2D eigenvalue weighted by molar-refractivity contribution is 0.0466. The fourth-order valence-corrected chi connectivity index (χ4v) is 8.76. The standard InChI is InChI=1S/C70H56N2O10/c73-66(57-36-39-62(78-46-52-25-11-3-12-26-52)60(41-57)70(76)81-49-55-31-17-6-18-32-55)65-63(79-47-53-27-13-4-14-28-53)42-58(43-64(65)80-48-54-29-15-5-16-30-54)69(75)82-68-61(33-19-20-40-72(68)44-50-21-7-1-8-22-50)71-67(74)56-34-37-59(38-35-56)77-45-51-23-9-2-10-24-51/h1-43H,44-49H2,(H,71,74). The van der Waals surface area contributed by atoms with Gasteiger partial charge in [0.05, 0.1) is 12.1 Å². The first-order valence-corrected chi connectivity index (χ1v) is 26.6. The summed E-state index contributed by atoms with van der Waals surface area (Å²) in [4.78, 5) is 60.5. The Morgan fingerprint density at radius 1 is 0.402 bits per heavy atom. The van der Waals surface area contributed by atoms with Crippen molar-refractivity contribution in [3.8, 4) is 23.0 Å². The third kappa shape index (κ3) is 14.7. The van der Waals surface area contributed by atoms with Crippen LogP contribution in [0.1, 0.15) is 80.4 Å². The van der Waals surface area contributed by atoms with Gasteiger partial charge in [0.15, 0.2) is 0 Å². The van der Waals surface area contributed by atoms with E-state index in [9.17, 15) is 9.59 Å². The van der Waals surface area contributed by atoms with Crippen molar-refractivity contribution in [2.24, 2.45) is 0 Å². The maximum atomic E-state index is 15.4. The lowest BCUT2D eigenvalue weighted by Gasteiger charge is -2.25. The second-order valence-corrected chi connectivity index (χ2v) is 18.9. The lowest BCUT2D eigenvalue weighted by atomic mass is 9.97. The van der Waals surface area contributed by atoms with Gasteiger partial charge >= 0.3 is 11.9 Å². The van der Waals surface area contributed by atoms with Gasteiger partial charge < -0.3 is 38.6 Å². The van der Waals surface area contributed by atoms with Gasteiger partial charge in [-0.2, -0.15) is 0 Å². The molecule has 1 amide bonds. The first kappa shape index (κ1) is 54.6. The molecule has 12 nitrogen and oxygen atoms in total. The van der Waals surface area contributed by atoms with Crippen LogP contribution >= 0.6 is 0 Å². The molecule has 0 radical (unpaired) electrons. The van der Waals surface area contributed by atoms with E-state index >= 15 is 9.59 Å². The number of rotatable bonds is 23. The van der Waals surface area contributed by atoms with E-state index in [2.05, 4.69) is 5.32 Å². The van der Waals surface area contributed by atoms with Crippen LogP contribution in [0.15, 0.2) is 273 Å². The Kier molecular flexibility index (Phi) is 18.1. The molecule has 0 bridgehead atoms. The largest absolute Gasteiger partial charge is 0.489 e. The Morgan fingerprint density at radius 2 is 0.854 bits per heavy atom. The zero-order valence-electron chi connectivity index (χ0n) is 44.6.